The molecule has 0 spiro atoms. The smallest absolute Gasteiger partial charge is 0.407 e. The van der Waals surface area contributed by atoms with Crippen molar-refractivity contribution >= 4 is 11.9 Å². The molecule has 0 aliphatic rings. The maximum absolute atomic E-state index is 12.0. The standard InChI is InChI=1S/C15H22N2O3/c1-5-12(17-14(19)20-15(2,3)4)9-13(18)11-7-6-8-16-10-11/h6-8,10,12H,5,9H2,1-4H3,(H,17,19). The quantitative estimate of drug-likeness (QED) is 0.841. The number of alkyl carbamates (subject to hydrolysis) is 1. The zero-order chi connectivity index (χ0) is 15.2. The van der Waals surface area contributed by atoms with Crippen LogP contribution in [0.4, 0.5) is 4.79 Å². The number of aromatic nitrogens is 1. The van der Waals surface area contributed by atoms with Crippen LogP contribution in [-0.4, -0.2) is 28.5 Å². The molecule has 0 saturated heterocycles. The number of hydrogen-bond donors (Lipinski definition) is 1. The van der Waals surface area contributed by atoms with Gasteiger partial charge in [0.15, 0.2) is 5.78 Å². The van der Waals surface area contributed by atoms with Crippen molar-refractivity contribution in [2.24, 2.45) is 0 Å². The van der Waals surface area contributed by atoms with Gasteiger partial charge in [-0.3, -0.25) is 9.78 Å². The van der Waals surface area contributed by atoms with Crippen LogP contribution in [0.3, 0.4) is 0 Å². The second kappa shape index (κ2) is 7.03. The van der Waals surface area contributed by atoms with E-state index in [1.807, 2.05) is 6.92 Å². The molecule has 0 fully saturated rings. The molecule has 0 bridgehead atoms. The Morgan fingerprint density at radius 1 is 1.40 bits per heavy atom. The highest BCUT2D eigenvalue weighted by molar-refractivity contribution is 5.96. The van der Waals surface area contributed by atoms with E-state index in [1.54, 1.807) is 39.1 Å². The Kier molecular flexibility index (Phi) is 5.67. The van der Waals surface area contributed by atoms with E-state index in [4.69, 9.17) is 4.74 Å². The number of ketones is 1. The van der Waals surface area contributed by atoms with Gasteiger partial charge in [0.05, 0.1) is 0 Å². The Bertz CT molecular complexity index is 452. The number of pyridine rings is 1. The molecule has 1 aromatic rings. The molecule has 1 aromatic heterocycles. The predicted molar refractivity (Wildman–Crippen MR) is 76.6 cm³/mol. The second-order valence-electron chi connectivity index (χ2n) is 5.62. The van der Waals surface area contributed by atoms with E-state index in [2.05, 4.69) is 10.3 Å². The van der Waals surface area contributed by atoms with Gasteiger partial charge in [-0.25, -0.2) is 4.79 Å². The first-order valence-electron chi connectivity index (χ1n) is 6.74. The van der Waals surface area contributed by atoms with E-state index >= 15 is 0 Å². The maximum Gasteiger partial charge on any atom is 0.407 e. The average molecular weight is 278 g/mol. The first-order valence-corrected chi connectivity index (χ1v) is 6.74. The molecule has 5 heteroatoms. The number of carbonyl (C=O) groups excluding carboxylic acids is 2. The van der Waals surface area contributed by atoms with E-state index in [-0.39, 0.29) is 18.2 Å². The normalized spacial score (nSPS) is 12.6. The van der Waals surface area contributed by atoms with Crippen LogP contribution in [0.15, 0.2) is 24.5 Å². The highest BCUT2D eigenvalue weighted by Gasteiger charge is 2.20. The molecule has 1 N–H and O–H groups in total. The van der Waals surface area contributed by atoms with Gasteiger partial charge in [0.1, 0.15) is 5.60 Å². The van der Waals surface area contributed by atoms with Gasteiger partial charge in [0, 0.05) is 30.4 Å². The second-order valence-corrected chi connectivity index (χ2v) is 5.62. The predicted octanol–water partition coefficient (Wildman–Crippen LogP) is 2.96. The van der Waals surface area contributed by atoms with Crippen molar-refractivity contribution in [2.45, 2.75) is 52.2 Å². The van der Waals surface area contributed by atoms with E-state index in [0.717, 1.165) is 0 Å². The first-order chi connectivity index (χ1) is 9.31. The van der Waals surface area contributed by atoms with Crippen molar-refractivity contribution < 1.29 is 14.3 Å². The van der Waals surface area contributed by atoms with Crippen molar-refractivity contribution in [1.29, 1.82) is 0 Å². The fourth-order valence-electron chi connectivity index (χ4n) is 1.64. The molecule has 0 aliphatic carbocycles. The molecule has 1 rings (SSSR count). The highest BCUT2D eigenvalue weighted by atomic mass is 16.6. The molecular formula is C15H22N2O3. The summed E-state index contributed by atoms with van der Waals surface area (Å²) in [5.41, 5.74) is 0.00682. The summed E-state index contributed by atoms with van der Waals surface area (Å²) in [5, 5.41) is 2.72. The Morgan fingerprint density at radius 3 is 2.60 bits per heavy atom. The fraction of sp³-hybridized carbons (Fsp3) is 0.533. The summed E-state index contributed by atoms with van der Waals surface area (Å²) in [6.07, 6.45) is 3.55. The topological polar surface area (TPSA) is 68.3 Å². The van der Waals surface area contributed by atoms with Crippen molar-refractivity contribution in [3.05, 3.63) is 30.1 Å². The van der Waals surface area contributed by atoms with Gasteiger partial charge in [-0.2, -0.15) is 0 Å². The summed E-state index contributed by atoms with van der Waals surface area (Å²) in [7, 11) is 0. The third-order valence-corrected chi connectivity index (χ3v) is 2.63. The Morgan fingerprint density at radius 2 is 2.10 bits per heavy atom. The van der Waals surface area contributed by atoms with Crippen LogP contribution in [-0.2, 0) is 4.74 Å². The van der Waals surface area contributed by atoms with E-state index in [1.165, 1.54) is 6.20 Å². The minimum absolute atomic E-state index is 0.0407. The van der Waals surface area contributed by atoms with E-state index in [0.29, 0.717) is 12.0 Å². The van der Waals surface area contributed by atoms with Crippen LogP contribution in [0.25, 0.3) is 0 Å². The monoisotopic (exact) mass is 278 g/mol. The summed E-state index contributed by atoms with van der Waals surface area (Å²) in [4.78, 5) is 27.7. The molecule has 1 heterocycles. The molecule has 20 heavy (non-hydrogen) atoms. The van der Waals surface area contributed by atoms with Gasteiger partial charge in [-0.15, -0.1) is 0 Å². The number of rotatable bonds is 5. The van der Waals surface area contributed by atoms with Crippen LogP contribution < -0.4 is 5.32 Å². The molecule has 0 saturated carbocycles. The van der Waals surface area contributed by atoms with Gasteiger partial charge < -0.3 is 10.1 Å². The summed E-state index contributed by atoms with van der Waals surface area (Å²) >= 11 is 0. The molecule has 5 nitrogen and oxygen atoms in total. The summed E-state index contributed by atoms with van der Waals surface area (Å²) in [5.74, 6) is -0.0407. The third kappa shape index (κ3) is 5.82. The summed E-state index contributed by atoms with van der Waals surface area (Å²) in [6.45, 7) is 7.32. The lowest BCUT2D eigenvalue weighted by molar-refractivity contribution is 0.0500. The zero-order valence-electron chi connectivity index (χ0n) is 12.5. The lowest BCUT2D eigenvalue weighted by atomic mass is 10.0. The molecule has 1 amide bonds. The van der Waals surface area contributed by atoms with Gasteiger partial charge in [-0.1, -0.05) is 6.92 Å². The van der Waals surface area contributed by atoms with Crippen LogP contribution in [0, 0.1) is 0 Å². The van der Waals surface area contributed by atoms with Crippen LogP contribution in [0.1, 0.15) is 50.9 Å². The van der Waals surface area contributed by atoms with Crippen LogP contribution in [0.2, 0.25) is 0 Å². The van der Waals surface area contributed by atoms with Gasteiger partial charge in [-0.05, 0) is 39.3 Å². The molecule has 110 valence electrons. The molecule has 0 radical (unpaired) electrons. The summed E-state index contributed by atoms with van der Waals surface area (Å²) < 4.78 is 5.18. The minimum Gasteiger partial charge on any atom is -0.444 e. The molecule has 1 atom stereocenters. The van der Waals surface area contributed by atoms with Gasteiger partial charge in [0.25, 0.3) is 0 Å². The molecule has 1 unspecified atom stereocenters. The van der Waals surface area contributed by atoms with E-state index < -0.39 is 11.7 Å². The number of carbonyl (C=O) groups is 2. The largest absolute Gasteiger partial charge is 0.444 e. The van der Waals surface area contributed by atoms with Crippen LogP contribution in [0.5, 0.6) is 0 Å². The minimum atomic E-state index is -0.546. The summed E-state index contributed by atoms with van der Waals surface area (Å²) in [6, 6.07) is 3.20. The first kappa shape index (κ1) is 16.1. The van der Waals surface area contributed by atoms with Crippen molar-refractivity contribution in [3.8, 4) is 0 Å². The average Bonchev–Trinajstić information content (AvgIpc) is 2.36. The Labute approximate surface area is 119 Å². The number of ether oxygens (including phenoxy) is 1. The van der Waals surface area contributed by atoms with Crippen LogP contribution >= 0.6 is 0 Å². The SMILES string of the molecule is CCC(CC(=O)c1cccnc1)NC(=O)OC(C)(C)C. The number of hydrogen-bond acceptors (Lipinski definition) is 4. The molecular weight excluding hydrogens is 256 g/mol. The number of nitrogens with zero attached hydrogens (tertiary/aromatic N) is 1. The highest BCUT2D eigenvalue weighted by Crippen LogP contribution is 2.10. The number of nitrogens with one attached hydrogen (secondary N) is 1. The lowest BCUT2D eigenvalue weighted by Gasteiger charge is -2.22. The molecule has 0 aliphatic heterocycles. The Hall–Kier alpha value is -1.91. The third-order valence-electron chi connectivity index (χ3n) is 2.63. The van der Waals surface area contributed by atoms with E-state index in [9.17, 15) is 9.59 Å². The Balaban J connectivity index is 2.55. The molecule has 0 aromatic carbocycles. The van der Waals surface area contributed by atoms with Gasteiger partial charge in [0.2, 0.25) is 0 Å². The number of amides is 1. The number of Topliss-reactive ketones (excluding diaryl/α,β-unsaturated/α-hetero) is 1. The van der Waals surface area contributed by atoms with Crippen molar-refractivity contribution in [2.75, 3.05) is 0 Å². The van der Waals surface area contributed by atoms with Crippen molar-refractivity contribution in [3.63, 3.8) is 0 Å². The van der Waals surface area contributed by atoms with Crippen molar-refractivity contribution in [1.82, 2.24) is 10.3 Å². The fourth-order valence-corrected chi connectivity index (χ4v) is 1.64. The lowest BCUT2D eigenvalue weighted by Crippen LogP contribution is -2.39. The van der Waals surface area contributed by atoms with Gasteiger partial charge >= 0.3 is 6.09 Å². The maximum atomic E-state index is 12.0. The zero-order valence-corrected chi connectivity index (χ0v) is 12.5.